The molecule has 0 fully saturated rings. The van der Waals surface area contributed by atoms with E-state index in [2.05, 4.69) is 84.3 Å². The van der Waals surface area contributed by atoms with Crippen LogP contribution in [0.1, 0.15) is 22.4 Å². The van der Waals surface area contributed by atoms with E-state index in [0.717, 1.165) is 61.6 Å². The van der Waals surface area contributed by atoms with Gasteiger partial charge in [0.1, 0.15) is 11.3 Å². The average Bonchev–Trinajstić information content (AvgIpc) is 3.49. The first-order chi connectivity index (χ1) is 21.0. The minimum atomic E-state index is 0. The van der Waals surface area contributed by atoms with Gasteiger partial charge in [-0.25, -0.2) is 0 Å². The van der Waals surface area contributed by atoms with Crippen LogP contribution in [-0.4, -0.2) is 15.0 Å². The summed E-state index contributed by atoms with van der Waals surface area (Å²) in [6.45, 7) is 8.34. The van der Waals surface area contributed by atoms with E-state index in [0.29, 0.717) is 0 Å². The van der Waals surface area contributed by atoms with E-state index in [9.17, 15) is 0 Å². The maximum absolute atomic E-state index is 6.25. The molecule has 0 saturated carbocycles. The molecule has 0 atom stereocenters. The van der Waals surface area contributed by atoms with E-state index < -0.39 is 0 Å². The molecule has 0 saturated heterocycles. The molecule has 0 spiro atoms. The number of hydrogen-bond donors (Lipinski definition) is 0. The summed E-state index contributed by atoms with van der Waals surface area (Å²) in [4.78, 5) is 13.1. The first-order valence-electron chi connectivity index (χ1n) is 14.3. The molecule has 44 heavy (non-hydrogen) atoms. The molecule has 4 heterocycles. The van der Waals surface area contributed by atoms with Crippen molar-refractivity contribution in [1.82, 2.24) is 15.0 Å². The van der Waals surface area contributed by atoms with E-state index in [1.54, 1.807) is 6.20 Å². The third kappa shape index (κ3) is 6.75. The van der Waals surface area contributed by atoms with Gasteiger partial charge in [-0.15, -0.1) is 71.3 Å². The molecule has 219 valence electrons. The zero-order valence-electron chi connectivity index (χ0n) is 25.1. The van der Waals surface area contributed by atoms with Gasteiger partial charge < -0.3 is 14.4 Å². The van der Waals surface area contributed by atoms with E-state index in [1.807, 2.05) is 80.0 Å². The predicted molar refractivity (Wildman–Crippen MR) is 174 cm³/mol. The van der Waals surface area contributed by atoms with E-state index in [-0.39, 0.29) is 20.1 Å². The Kier molecular flexibility index (Phi) is 9.59. The molecule has 3 aromatic carbocycles. The summed E-state index contributed by atoms with van der Waals surface area (Å²) in [5.41, 5.74) is 12.8. The Hall–Kier alpha value is -4.70. The number of aromatic nitrogens is 3. The maximum atomic E-state index is 6.25. The monoisotopic (exact) mass is 750 g/mol. The SMILES string of the molecule is Cc1ccnc(-c2[c-]ccc(-c3cc4cc(-c5ccc(C)nc5)oc4c(C)c3C)c2)c1.[Ir].[c-]1ccccc1-c1ccccn1. The van der Waals surface area contributed by atoms with Gasteiger partial charge in [-0.2, -0.15) is 0 Å². The number of benzene rings is 3. The molecule has 0 unspecified atom stereocenters. The Balaban J connectivity index is 0.000000248. The quantitative estimate of drug-likeness (QED) is 0.168. The number of aryl methyl sites for hydroxylation is 3. The van der Waals surface area contributed by atoms with Crippen LogP contribution in [-0.2, 0) is 20.1 Å². The summed E-state index contributed by atoms with van der Waals surface area (Å²) in [6.07, 6.45) is 5.50. The number of furan rings is 1. The first kappa shape index (κ1) is 30.7. The van der Waals surface area contributed by atoms with Gasteiger partial charge in [0.25, 0.3) is 0 Å². The van der Waals surface area contributed by atoms with Crippen LogP contribution >= 0.6 is 0 Å². The van der Waals surface area contributed by atoms with Gasteiger partial charge in [0.15, 0.2) is 0 Å². The molecule has 0 aliphatic carbocycles. The predicted octanol–water partition coefficient (Wildman–Crippen LogP) is 9.80. The maximum Gasteiger partial charge on any atom is 0.138 e. The zero-order valence-corrected chi connectivity index (χ0v) is 27.4. The van der Waals surface area contributed by atoms with Gasteiger partial charge in [0, 0.05) is 55.3 Å². The summed E-state index contributed by atoms with van der Waals surface area (Å²) in [5, 5.41) is 1.09. The zero-order chi connectivity index (χ0) is 29.8. The van der Waals surface area contributed by atoms with Crippen molar-refractivity contribution < 1.29 is 24.5 Å². The summed E-state index contributed by atoms with van der Waals surface area (Å²) in [6, 6.07) is 38.9. The van der Waals surface area contributed by atoms with Gasteiger partial charge in [-0.1, -0.05) is 23.8 Å². The number of rotatable bonds is 4. The molecular formula is C39H31IrN3O-2. The fourth-order valence-electron chi connectivity index (χ4n) is 5.04. The van der Waals surface area contributed by atoms with Crippen molar-refractivity contribution in [2.75, 3.05) is 0 Å². The van der Waals surface area contributed by atoms with Gasteiger partial charge in [0.2, 0.25) is 0 Å². The molecule has 0 aliphatic rings. The van der Waals surface area contributed by atoms with E-state index in [1.165, 1.54) is 16.7 Å². The third-order valence-electron chi connectivity index (χ3n) is 7.52. The van der Waals surface area contributed by atoms with Crippen molar-refractivity contribution >= 4 is 11.0 Å². The largest absolute Gasteiger partial charge is 0.456 e. The van der Waals surface area contributed by atoms with Crippen LogP contribution in [0.15, 0.2) is 120 Å². The van der Waals surface area contributed by atoms with Gasteiger partial charge in [-0.3, -0.25) is 4.98 Å². The molecule has 7 rings (SSSR count). The molecule has 4 aromatic heterocycles. The fraction of sp³-hybridized carbons (Fsp3) is 0.103. The average molecular weight is 750 g/mol. The van der Waals surface area contributed by atoms with Crippen molar-refractivity contribution in [3.05, 3.63) is 150 Å². The van der Waals surface area contributed by atoms with Crippen molar-refractivity contribution in [2.45, 2.75) is 27.7 Å². The van der Waals surface area contributed by atoms with Crippen LogP contribution in [0.2, 0.25) is 0 Å². The second kappa shape index (κ2) is 13.7. The summed E-state index contributed by atoms with van der Waals surface area (Å²) < 4.78 is 6.25. The first-order valence-corrected chi connectivity index (χ1v) is 14.3. The van der Waals surface area contributed by atoms with Crippen LogP contribution in [0.5, 0.6) is 0 Å². The Morgan fingerprint density at radius 3 is 2.16 bits per heavy atom. The Labute approximate surface area is 272 Å². The Bertz CT molecular complexity index is 1960. The molecule has 0 amide bonds. The molecule has 1 radical (unpaired) electrons. The van der Waals surface area contributed by atoms with Crippen LogP contribution in [0, 0.1) is 39.8 Å². The van der Waals surface area contributed by atoms with Gasteiger partial charge in [0.05, 0.1) is 0 Å². The molecule has 4 nitrogen and oxygen atoms in total. The number of pyridine rings is 3. The van der Waals surface area contributed by atoms with Crippen LogP contribution in [0.4, 0.5) is 0 Å². The molecule has 0 N–H and O–H groups in total. The van der Waals surface area contributed by atoms with Gasteiger partial charge >= 0.3 is 0 Å². The smallest absolute Gasteiger partial charge is 0.138 e. The topological polar surface area (TPSA) is 51.8 Å². The molecular weight excluding hydrogens is 719 g/mol. The molecule has 0 aliphatic heterocycles. The number of nitrogens with zero attached hydrogens (tertiary/aromatic N) is 3. The van der Waals surface area contributed by atoms with Crippen molar-refractivity contribution in [1.29, 1.82) is 0 Å². The normalized spacial score (nSPS) is 10.5. The van der Waals surface area contributed by atoms with E-state index >= 15 is 0 Å². The van der Waals surface area contributed by atoms with Crippen molar-refractivity contribution in [3.63, 3.8) is 0 Å². The summed E-state index contributed by atoms with van der Waals surface area (Å²) in [5.74, 6) is 0.841. The Morgan fingerprint density at radius 1 is 0.614 bits per heavy atom. The van der Waals surface area contributed by atoms with Crippen LogP contribution in [0.25, 0.3) is 55.9 Å². The fourth-order valence-corrected chi connectivity index (χ4v) is 5.04. The van der Waals surface area contributed by atoms with Crippen LogP contribution in [0.3, 0.4) is 0 Å². The minimum Gasteiger partial charge on any atom is -0.456 e. The molecule has 5 heteroatoms. The second-order valence-corrected chi connectivity index (χ2v) is 10.6. The second-order valence-electron chi connectivity index (χ2n) is 10.6. The molecule has 0 bridgehead atoms. The van der Waals surface area contributed by atoms with Crippen molar-refractivity contribution in [3.8, 4) is 45.0 Å². The summed E-state index contributed by atoms with van der Waals surface area (Å²) in [7, 11) is 0. The number of fused-ring (bicyclic) bond motifs is 1. The minimum absolute atomic E-state index is 0. The standard InChI is InChI=1S/C28H23N2O.C11H8N.Ir/c1-17-10-11-29-26(12-17)22-7-5-6-21(13-22)25-14-24-15-27(23-9-8-18(2)30-16-23)31-28(24)20(4)19(25)3;1-2-6-10(7-3-1)11-8-4-5-9-12-11;/h5-6,8-16H,1-4H3;1-6,8-9H;/q2*-1;. The third-order valence-corrected chi connectivity index (χ3v) is 7.52. The van der Waals surface area contributed by atoms with E-state index in [4.69, 9.17) is 4.42 Å². The van der Waals surface area contributed by atoms with Crippen LogP contribution < -0.4 is 0 Å². The summed E-state index contributed by atoms with van der Waals surface area (Å²) >= 11 is 0. The molecule has 7 aromatic rings. The number of hydrogen-bond acceptors (Lipinski definition) is 4. The Morgan fingerprint density at radius 2 is 1.43 bits per heavy atom. The van der Waals surface area contributed by atoms with Gasteiger partial charge in [-0.05, 0) is 92.2 Å². The van der Waals surface area contributed by atoms with Crippen molar-refractivity contribution in [2.24, 2.45) is 0 Å².